The normalized spacial score (nSPS) is 18.3. The zero-order valence-electron chi connectivity index (χ0n) is 14.9. The van der Waals surface area contributed by atoms with Crippen LogP contribution in [0.15, 0.2) is 41.2 Å². The SMILES string of the molecule is O=C(c1cnccn1)N1CCCC(c2nnc(-c3ccc4c(c3)OCO4)o2)C1. The summed E-state index contributed by atoms with van der Waals surface area (Å²) in [6.45, 7) is 1.40. The van der Waals surface area contributed by atoms with E-state index in [-0.39, 0.29) is 18.6 Å². The smallest absolute Gasteiger partial charge is 0.274 e. The summed E-state index contributed by atoms with van der Waals surface area (Å²) in [6.07, 6.45) is 6.29. The molecule has 3 aromatic rings. The Morgan fingerprint density at radius 3 is 2.96 bits per heavy atom. The van der Waals surface area contributed by atoms with E-state index in [9.17, 15) is 4.79 Å². The predicted octanol–water partition coefficient (Wildman–Crippen LogP) is 2.28. The Bertz CT molecular complexity index is 1010. The highest BCUT2D eigenvalue weighted by molar-refractivity contribution is 5.92. The average Bonchev–Trinajstić information content (AvgIpc) is 3.43. The highest BCUT2D eigenvalue weighted by Crippen LogP contribution is 2.36. The van der Waals surface area contributed by atoms with E-state index in [2.05, 4.69) is 20.2 Å². The van der Waals surface area contributed by atoms with Crippen molar-refractivity contribution in [3.05, 3.63) is 48.4 Å². The van der Waals surface area contributed by atoms with Crippen LogP contribution in [0.1, 0.15) is 35.1 Å². The van der Waals surface area contributed by atoms with E-state index < -0.39 is 0 Å². The fraction of sp³-hybridized carbons (Fsp3) is 0.316. The van der Waals surface area contributed by atoms with Crippen LogP contribution >= 0.6 is 0 Å². The highest BCUT2D eigenvalue weighted by atomic mass is 16.7. The van der Waals surface area contributed by atoms with Crippen LogP contribution in [0.3, 0.4) is 0 Å². The third-order valence-corrected chi connectivity index (χ3v) is 4.90. The molecule has 1 saturated heterocycles. The molecule has 1 fully saturated rings. The van der Waals surface area contributed by atoms with Gasteiger partial charge < -0.3 is 18.8 Å². The molecule has 28 heavy (non-hydrogen) atoms. The van der Waals surface area contributed by atoms with Gasteiger partial charge in [0, 0.05) is 31.0 Å². The highest BCUT2D eigenvalue weighted by Gasteiger charge is 2.29. The number of ether oxygens (including phenoxy) is 2. The number of amides is 1. The summed E-state index contributed by atoms with van der Waals surface area (Å²) in [6, 6.07) is 5.50. The van der Waals surface area contributed by atoms with Crippen LogP contribution in [0, 0.1) is 0 Å². The Morgan fingerprint density at radius 2 is 2.07 bits per heavy atom. The minimum atomic E-state index is -0.131. The Kier molecular flexibility index (Phi) is 4.12. The van der Waals surface area contributed by atoms with Crippen molar-refractivity contribution in [1.82, 2.24) is 25.1 Å². The summed E-state index contributed by atoms with van der Waals surface area (Å²) in [5, 5.41) is 8.40. The van der Waals surface area contributed by atoms with Gasteiger partial charge in [-0.25, -0.2) is 4.98 Å². The zero-order chi connectivity index (χ0) is 18.9. The van der Waals surface area contributed by atoms with Crippen molar-refractivity contribution >= 4 is 5.91 Å². The molecule has 1 aromatic carbocycles. The van der Waals surface area contributed by atoms with Crippen molar-refractivity contribution in [2.45, 2.75) is 18.8 Å². The van der Waals surface area contributed by atoms with Gasteiger partial charge in [0.2, 0.25) is 18.6 Å². The number of likely N-dealkylation sites (tertiary alicyclic amines) is 1. The van der Waals surface area contributed by atoms with Gasteiger partial charge in [0.05, 0.1) is 12.1 Å². The maximum atomic E-state index is 12.6. The van der Waals surface area contributed by atoms with Gasteiger partial charge in [-0.15, -0.1) is 10.2 Å². The molecule has 2 aliphatic rings. The van der Waals surface area contributed by atoms with Gasteiger partial charge in [-0.3, -0.25) is 9.78 Å². The number of rotatable bonds is 3. The van der Waals surface area contributed by atoms with Crippen LogP contribution in [0.4, 0.5) is 0 Å². The van der Waals surface area contributed by atoms with Gasteiger partial charge in [-0.05, 0) is 31.0 Å². The van der Waals surface area contributed by atoms with E-state index in [4.69, 9.17) is 13.9 Å². The first-order valence-corrected chi connectivity index (χ1v) is 9.06. The molecule has 2 aromatic heterocycles. The molecule has 1 unspecified atom stereocenters. The van der Waals surface area contributed by atoms with Gasteiger partial charge in [-0.2, -0.15) is 0 Å². The van der Waals surface area contributed by atoms with E-state index >= 15 is 0 Å². The standard InChI is InChI=1S/C19H17N5O4/c25-19(14-9-20-5-6-21-14)24-7-1-2-13(10-24)18-23-22-17(28-18)12-3-4-15-16(8-12)27-11-26-15/h3-6,8-9,13H,1-2,7,10-11H2. The molecule has 2 aliphatic heterocycles. The summed E-state index contributed by atoms with van der Waals surface area (Å²) in [4.78, 5) is 22.5. The van der Waals surface area contributed by atoms with Crippen molar-refractivity contribution in [3.8, 4) is 23.0 Å². The molecule has 1 amide bonds. The number of nitrogens with zero attached hydrogens (tertiary/aromatic N) is 5. The zero-order valence-corrected chi connectivity index (χ0v) is 14.9. The molecule has 5 rings (SSSR count). The van der Waals surface area contributed by atoms with E-state index in [1.165, 1.54) is 12.4 Å². The monoisotopic (exact) mass is 379 g/mol. The van der Waals surface area contributed by atoms with Crippen LogP contribution in [-0.2, 0) is 0 Å². The molecule has 1 atom stereocenters. The Balaban J connectivity index is 1.33. The summed E-state index contributed by atoms with van der Waals surface area (Å²) in [5.74, 6) is 2.18. The first-order chi connectivity index (χ1) is 13.8. The topological polar surface area (TPSA) is 103 Å². The van der Waals surface area contributed by atoms with Crippen molar-refractivity contribution in [2.24, 2.45) is 0 Å². The lowest BCUT2D eigenvalue weighted by atomic mass is 9.98. The molecular formula is C19H17N5O4. The summed E-state index contributed by atoms with van der Waals surface area (Å²) in [5.41, 5.74) is 1.11. The molecule has 142 valence electrons. The third-order valence-electron chi connectivity index (χ3n) is 4.90. The Labute approximate surface area is 160 Å². The molecule has 9 nitrogen and oxygen atoms in total. The fourth-order valence-electron chi connectivity index (χ4n) is 3.48. The van der Waals surface area contributed by atoms with Gasteiger partial charge in [-0.1, -0.05) is 0 Å². The molecule has 0 aliphatic carbocycles. The maximum Gasteiger partial charge on any atom is 0.274 e. The maximum absolute atomic E-state index is 12.6. The number of carbonyl (C=O) groups is 1. The molecule has 0 spiro atoms. The molecular weight excluding hydrogens is 362 g/mol. The van der Waals surface area contributed by atoms with Crippen molar-refractivity contribution in [3.63, 3.8) is 0 Å². The number of piperidine rings is 1. The van der Waals surface area contributed by atoms with Crippen LogP contribution in [0.25, 0.3) is 11.5 Å². The van der Waals surface area contributed by atoms with Gasteiger partial charge in [0.1, 0.15) is 5.69 Å². The molecule has 0 saturated carbocycles. The number of benzene rings is 1. The summed E-state index contributed by atoms with van der Waals surface area (Å²) >= 11 is 0. The van der Waals surface area contributed by atoms with Crippen LogP contribution in [0.5, 0.6) is 11.5 Å². The molecule has 0 radical (unpaired) electrons. The minimum absolute atomic E-state index is 0.00960. The minimum Gasteiger partial charge on any atom is -0.454 e. The van der Waals surface area contributed by atoms with E-state index in [0.29, 0.717) is 42.1 Å². The molecule has 4 heterocycles. The van der Waals surface area contributed by atoms with E-state index in [0.717, 1.165) is 18.4 Å². The van der Waals surface area contributed by atoms with E-state index in [1.807, 2.05) is 18.2 Å². The first-order valence-electron chi connectivity index (χ1n) is 9.06. The lowest BCUT2D eigenvalue weighted by Crippen LogP contribution is -2.39. The second-order valence-corrected chi connectivity index (χ2v) is 6.69. The Hall–Kier alpha value is -3.49. The predicted molar refractivity (Wildman–Crippen MR) is 95.8 cm³/mol. The van der Waals surface area contributed by atoms with Gasteiger partial charge >= 0.3 is 0 Å². The first kappa shape index (κ1) is 16.7. The Morgan fingerprint density at radius 1 is 1.14 bits per heavy atom. The average molecular weight is 379 g/mol. The number of hydrogen-bond acceptors (Lipinski definition) is 8. The number of hydrogen-bond donors (Lipinski definition) is 0. The third kappa shape index (κ3) is 3.04. The van der Waals surface area contributed by atoms with Crippen molar-refractivity contribution < 1.29 is 18.7 Å². The summed E-state index contributed by atoms with van der Waals surface area (Å²) in [7, 11) is 0. The largest absolute Gasteiger partial charge is 0.454 e. The van der Waals surface area contributed by atoms with Crippen LogP contribution in [0.2, 0.25) is 0 Å². The molecule has 9 heteroatoms. The lowest BCUT2D eigenvalue weighted by molar-refractivity contribution is 0.0692. The number of aromatic nitrogens is 4. The van der Waals surface area contributed by atoms with E-state index in [1.54, 1.807) is 11.1 Å². The van der Waals surface area contributed by atoms with Gasteiger partial charge in [0.15, 0.2) is 11.5 Å². The van der Waals surface area contributed by atoms with Crippen molar-refractivity contribution in [1.29, 1.82) is 0 Å². The van der Waals surface area contributed by atoms with Crippen molar-refractivity contribution in [2.75, 3.05) is 19.9 Å². The van der Waals surface area contributed by atoms with Crippen LogP contribution in [-0.4, -0.2) is 50.9 Å². The second-order valence-electron chi connectivity index (χ2n) is 6.69. The quantitative estimate of drug-likeness (QED) is 0.683. The van der Waals surface area contributed by atoms with Crippen LogP contribution < -0.4 is 9.47 Å². The fourth-order valence-corrected chi connectivity index (χ4v) is 3.48. The molecule has 0 N–H and O–H groups in total. The second kappa shape index (κ2) is 6.91. The van der Waals surface area contributed by atoms with Gasteiger partial charge in [0.25, 0.3) is 5.91 Å². The number of carbonyl (C=O) groups excluding carboxylic acids is 1. The number of fused-ring (bicyclic) bond motifs is 1. The summed E-state index contributed by atoms with van der Waals surface area (Å²) < 4.78 is 16.6. The molecule has 0 bridgehead atoms. The lowest BCUT2D eigenvalue weighted by Gasteiger charge is -2.30.